The molecule has 1 aliphatic rings. The molecule has 1 heterocycles. The van der Waals surface area contributed by atoms with E-state index in [0.717, 1.165) is 0 Å². The quantitative estimate of drug-likeness (QED) is 0.410. The van der Waals surface area contributed by atoms with Gasteiger partial charge in [0.15, 0.2) is 0 Å². The lowest BCUT2D eigenvalue weighted by atomic mass is 10.1. The first-order valence-electron chi connectivity index (χ1n) is 9.63. The highest BCUT2D eigenvalue weighted by atomic mass is 16.6. The average Bonchev–Trinajstić information content (AvgIpc) is 2.51. The smallest absolute Gasteiger partial charge is 0.410 e. The van der Waals surface area contributed by atoms with Crippen LogP contribution in [-0.2, 0) is 19.0 Å². The van der Waals surface area contributed by atoms with Gasteiger partial charge < -0.3 is 24.0 Å². The van der Waals surface area contributed by atoms with Gasteiger partial charge in [-0.2, -0.15) is 0 Å². The summed E-state index contributed by atoms with van der Waals surface area (Å²) in [5, 5.41) is 0. The van der Waals surface area contributed by atoms with Crippen molar-refractivity contribution in [2.75, 3.05) is 26.2 Å². The van der Waals surface area contributed by atoms with Crippen LogP contribution in [0.25, 0.3) is 0 Å². The lowest BCUT2D eigenvalue weighted by Crippen LogP contribution is -2.57. The first-order chi connectivity index (χ1) is 12.8. The number of nitrogens with zero attached hydrogens (tertiary/aromatic N) is 2. The maximum Gasteiger partial charge on any atom is 0.410 e. The molecule has 0 aromatic carbocycles. The second kappa shape index (κ2) is 9.80. The SMILES string of the molecule is CCOC(=O)/C=C/CC1CN(C(=O)OC(C)(C)C)CCN1C(=O)OC(C)(C)C. The molecule has 28 heavy (non-hydrogen) atoms. The number of hydrogen-bond donors (Lipinski definition) is 0. The number of rotatable bonds is 4. The molecule has 0 aromatic rings. The average molecular weight is 399 g/mol. The number of piperazine rings is 1. The molecule has 0 radical (unpaired) electrons. The largest absolute Gasteiger partial charge is 0.463 e. The van der Waals surface area contributed by atoms with Gasteiger partial charge in [-0.3, -0.25) is 0 Å². The Labute approximate surface area is 167 Å². The van der Waals surface area contributed by atoms with Crippen molar-refractivity contribution in [2.45, 2.75) is 72.1 Å². The van der Waals surface area contributed by atoms with E-state index in [2.05, 4.69) is 0 Å². The van der Waals surface area contributed by atoms with Gasteiger partial charge in [0.25, 0.3) is 0 Å². The summed E-state index contributed by atoms with van der Waals surface area (Å²) >= 11 is 0. The molecule has 0 N–H and O–H groups in total. The Morgan fingerprint density at radius 1 is 0.964 bits per heavy atom. The van der Waals surface area contributed by atoms with Crippen LogP contribution in [0.5, 0.6) is 0 Å². The fourth-order valence-corrected chi connectivity index (χ4v) is 2.62. The van der Waals surface area contributed by atoms with Crippen molar-refractivity contribution < 1.29 is 28.6 Å². The molecule has 1 atom stereocenters. The van der Waals surface area contributed by atoms with Gasteiger partial charge in [-0.05, 0) is 54.9 Å². The van der Waals surface area contributed by atoms with Gasteiger partial charge in [-0.1, -0.05) is 6.08 Å². The summed E-state index contributed by atoms with van der Waals surface area (Å²) in [6.07, 6.45) is 2.51. The molecule has 1 saturated heterocycles. The van der Waals surface area contributed by atoms with Gasteiger partial charge in [0, 0.05) is 25.7 Å². The number of hydrogen-bond acceptors (Lipinski definition) is 6. The monoisotopic (exact) mass is 398 g/mol. The van der Waals surface area contributed by atoms with E-state index >= 15 is 0 Å². The number of carbonyl (C=O) groups is 3. The van der Waals surface area contributed by atoms with Crippen LogP contribution in [-0.4, -0.2) is 71.4 Å². The maximum atomic E-state index is 12.6. The molecule has 1 aliphatic heterocycles. The highest BCUT2D eigenvalue weighted by Crippen LogP contribution is 2.20. The lowest BCUT2D eigenvalue weighted by Gasteiger charge is -2.41. The van der Waals surface area contributed by atoms with E-state index in [1.165, 1.54) is 6.08 Å². The van der Waals surface area contributed by atoms with Crippen molar-refractivity contribution in [3.05, 3.63) is 12.2 Å². The normalized spacial score (nSPS) is 18.2. The van der Waals surface area contributed by atoms with Gasteiger partial charge in [0.1, 0.15) is 11.2 Å². The molecular formula is C20H34N2O6. The molecule has 160 valence electrons. The van der Waals surface area contributed by atoms with Crippen LogP contribution in [0.15, 0.2) is 12.2 Å². The van der Waals surface area contributed by atoms with Gasteiger partial charge in [0.2, 0.25) is 0 Å². The fourth-order valence-electron chi connectivity index (χ4n) is 2.62. The molecule has 0 aliphatic carbocycles. The molecule has 1 unspecified atom stereocenters. The second-order valence-electron chi connectivity index (χ2n) is 8.64. The topological polar surface area (TPSA) is 85.4 Å². The number of ether oxygens (including phenoxy) is 3. The molecule has 0 bridgehead atoms. The van der Waals surface area contributed by atoms with Gasteiger partial charge in [0.05, 0.1) is 12.6 Å². The second-order valence-corrected chi connectivity index (χ2v) is 8.64. The van der Waals surface area contributed by atoms with E-state index in [9.17, 15) is 14.4 Å². The maximum absolute atomic E-state index is 12.6. The Kier molecular flexibility index (Phi) is 8.32. The van der Waals surface area contributed by atoms with Crippen molar-refractivity contribution >= 4 is 18.2 Å². The van der Waals surface area contributed by atoms with Crippen LogP contribution < -0.4 is 0 Å². The first-order valence-corrected chi connectivity index (χ1v) is 9.63. The van der Waals surface area contributed by atoms with E-state index in [1.54, 1.807) is 64.3 Å². The molecule has 8 nitrogen and oxygen atoms in total. The summed E-state index contributed by atoms with van der Waals surface area (Å²) in [5.74, 6) is -0.439. The summed E-state index contributed by atoms with van der Waals surface area (Å²) < 4.78 is 15.8. The third-order valence-corrected chi connectivity index (χ3v) is 3.71. The summed E-state index contributed by atoms with van der Waals surface area (Å²) in [4.78, 5) is 39.7. The zero-order valence-corrected chi connectivity index (χ0v) is 18.1. The summed E-state index contributed by atoms with van der Waals surface area (Å²) in [6, 6.07) is -0.332. The summed E-state index contributed by atoms with van der Waals surface area (Å²) in [6.45, 7) is 13.8. The van der Waals surface area contributed by atoms with Crippen molar-refractivity contribution in [3.63, 3.8) is 0 Å². The van der Waals surface area contributed by atoms with Crippen LogP contribution in [0, 0.1) is 0 Å². The molecule has 0 spiro atoms. The Hall–Kier alpha value is -2.25. The van der Waals surface area contributed by atoms with Gasteiger partial charge in [-0.15, -0.1) is 0 Å². The number of esters is 1. The number of carbonyl (C=O) groups excluding carboxylic acids is 3. The van der Waals surface area contributed by atoms with E-state index in [4.69, 9.17) is 14.2 Å². The molecule has 2 amide bonds. The predicted molar refractivity (Wildman–Crippen MR) is 105 cm³/mol. The Bertz CT molecular complexity index is 588. The molecule has 0 saturated carbocycles. The summed E-state index contributed by atoms with van der Waals surface area (Å²) in [7, 11) is 0. The van der Waals surface area contributed by atoms with E-state index in [0.29, 0.717) is 32.7 Å². The predicted octanol–water partition coefficient (Wildman–Crippen LogP) is 3.35. The Morgan fingerprint density at radius 2 is 1.54 bits per heavy atom. The van der Waals surface area contributed by atoms with E-state index < -0.39 is 29.4 Å². The molecular weight excluding hydrogens is 364 g/mol. The standard InChI is InChI=1S/C20H34N2O6/c1-8-26-16(23)11-9-10-15-14-21(17(24)27-19(2,3)4)12-13-22(15)18(25)28-20(5,6)7/h9,11,15H,8,10,12-14H2,1-7H3/b11-9+. The Morgan fingerprint density at radius 3 is 2.07 bits per heavy atom. The van der Waals surface area contributed by atoms with Crippen molar-refractivity contribution in [2.24, 2.45) is 0 Å². The third-order valence-electron chi connectivity index (χ3n) is 3.71. The zero-order chi connectivity index (χ0) is 21.5. The molecule has 1 fully saturated rings. The van der Waals surface area contributed by atoms with Gasteiger partial charge in [-0.25, -0.2) is 14.4 Å². The van der Waals surface area contributed by atoms with Crippen molar-refractivity contribution in [1.29, 1.82) is 0 Å². The molecule has 1 rings (SSSR count). The van der Waals surface area contributed by atoms with Crippen LogP contribution in [0.4, 0.5) is 9.59 Å². The highest BCUT2D eigenvalue weighted by molar-refractivity contribution is 5.81. The van der Waals surface area contributed by atoms with Crippen LogP contribution in [0.3, 0.4) is 0 Å². The zero-order valence-electron chi connectivity index (χ0n) is 18.1. The van der Waals surface area contributed by atoms with Crippen molar-refractivity contribution in [3.8, 4) is 0 Å². The third kappa shape index (κ3) is 8.63. The van der Waals surface area contributed by atoms with Crippen LogP contribution >= 0.6 is 0 Å². The minimum absolute atomic E-state index is 0.293. The first kappa shape index (κ1) is 23.8. The minimum Gasteiger partial charge on any atom is -0.463 e. The van der Waals surface area contributed by atoms with Crippen molar-refractivity contribution in [1.82, 2.24) is 9.80 Å². The molecule has 8 heteroatoms. The van der Waals surface area contributed by atoms with Crippen LogP contribution in [0.1, 0.15) is 54.9 Å². The summed E-state index contributed by atoms with van der Waals surface area (Å²) in [5.41, 5.74) is -1.22. The fraction of sp³-hybridized carbons (Fsp3) is 0.750. The number of amides is 2. The van der Waals surface area contributed by atoms with Gasteiger partial charge >= 0.3 is 18.2 Å². The molecule has 0 aromatic heterocycles. The van der Waals surface area contributed by atoms with E-state index in [-0.39, 0.29) is 6.04 Å². The highest BCUT2D eigenvalue weighted by Gasteiger charge is 2.35. The van der Waals surface area contributed by atoms with Crippen LogP contribution in [0.2, 0.25) is 0 Å². The lowest BCUT2D eigenvalue weighted by molar-refractivity contribution is -0.137. The minimum atomic E-state index is -0.620. The Balaban J connectivity index is 2.87. The van der Waals surface area contributed by atoms with E-state index in [1.807, 2.05) is 0 Å².